The van der Waals surface area contributed by atoms with E-state index in [-0.39, 0.29) is 18.7 Å². The number of aliphatic hydroxyl groups excluding tert-OH is 1. The Balaban J connectivity index is 1.72. The van der Waals surface area contributed by atoms with E-state index >= 15 is 0 Å². The van der Waals surface area contributed by atoms with E-state index < -0.39 is 0 Å². The summed E-state index contributed by atoms with van der Waals surface area (Å²) < 4.78 is 5.72. The molecule has 1 atom stereocenters. The summed E-state index contributed by atoms with van der Waals surface area (Å²) in [5, 5.41) is 12.2. The summed E-state index contributed by atoms with van der Waals surface area (Å²) in [4.78, 5) is 14.2. The average Bonchev–Trinajstić information content (AvgIpc) is 3.33. The molecular formula is C16H22N2O3. The van der Waals surface area contributed by atoms with E-state index in [2.05, 4.69) is 5.32 Å². The first-order chi connectivity index (χ1) is 10.3. The van der Waals surface area contributed by atoms with Crippen molar-refractivity contribution in [2.45, 2.75) is 37.8 Å². The Morgan fingerprint density at radius 3 is 2.90 bits per heavy atom. The van der Waals surface area contributed by atoms with E-state index in [0.717, 1.165) is 37.0 Å². The number of rotatable bonds is 4. The van der Waals surface area contributed by atoms with Gasteiger partial charge in [-0.15, -0.1) is 0 Å². The van der Waals surface area contributed by atoms with Crippen LogP contribution in [0.25, 0.3) is 0 Å². The smallest absolute Gasteiger partial charge is 0.318 e. The molecule has 2 amide bonds. The lowest BCUT2D eigenvalue weighted by Gasteiger charge is -2.26. The minimum absolute atomic E-state index is 0.00822. The van der Waals surface area contributed by atoms with Crippen LogP contribution in [0.3, 0.4) is 0 Å². The van der Waals surface area contributed by atoms with Gasteiger partial charge in [0.2, 0.25) is 0 Å². The predicted octanol–water partition coefficient (Wildman–Crippen LogP) is 2.07. The molecular weight excluding hydrogens is 268 g/mol. The zero-order valence-corrected chi connectivity index (χ0v) is 12.1. The van der Waals surface area contributed by atoms with Crippen molar-refractivity contribution < 1.29 is 14.6 Å². The topological polar surface area (TPSA) is 61.8 Å². The second-order valence-corrected chi connectivity index (χ2v) is 5.68. The lowest BCUT2D eigenvalue weighted by atomic mass is 10.0. The molecule has 5 nitrogen and oxygen atoms in total. The number of nitrogens with zero attached hydrogens (tertiary/aromatic N) is 1. The molecule has 21 heavy (non-hydrogen) atoms. The number of urea groups is 1. The number of nitrogens with one attached hydrogen (secondary N) is 1. The van der Waals surface area contributed by atoms with Crippen molar-refractivity contribution in [3.05, 3.63) is 29.8 Å². The molecule has 1 aliphatic carbocycles. The number of hydrogen-bond acceptors (Lipinski definition) is 3. The zero-order chi connectivity index (χ0) is 14.7. The highest BCUT2D eigenvalue weighted by atomic mass is 16.5. The molecule has 0 aromatic heterocycles. The molecule has 1 unspecified atom stereocenters. The van der Waals surface area contributed by atoms with Crippen LogP contribution >= 0.6 is 0 Å². The molecule has 0 saturated heterocycles. The summed E-state index contributed by atoms with van der Waals surface area (Å²) in [6.07, 6.45) is 3.87. The highest BCUT2D eigenvalue weighted by Crippen LogP contribution is 2.32. The standard InChI is InChI=1S/C16H22N2O3/c19-10-9-18(12-7-8-12)16(20)17-14-5-3-11-21-15-6-2-1-4-13(14)15/h1-2,4,6,12,14,19H,3,5,7-11H2,(H,17,20). The van der Waals surface area contributed by atoms with Gasteiger partial charge >= 0.3 is 6.03 Å². The van der Waals surface area contributed by atoms with Crippen LogP contribution in [0, 0.1) is 0 Å². The molecule has 1 heterocycles. The van der Waals surface area contributed by atoms with E-state index in [1.807, 2.05) is 24.3 Å². The number of aliphatic hydroxyl groups is 1. The van der Waals surface area contributed by atoms with Gasteiger partial charge in [-0.25, -0.2) is 4.79 Å². The molecule has 3 rings (SSSR count). The SMILES string of the molecule is O=C(NC1CCCOc2ccccc21)N(CCO)C1CC1. The van der Waals surface area contributed by atoms with Gasteiger partial charge in [0.05, 0.1) is 19.3 Å². The number of carbonyl (C=O) groups is 1. The summed E-state index contributed by atoms with van der Waals surface area (Å²) in [5.41, 5.74) is 1.04. The fourth-order valence-corrected chi connectivity index (χ4v) is 2.85. The number of para-hydroxylation sites is 1. The second kappa shape index (κ2) is 6.35. The number of ether oxygens (including phenoxy) is 1. The number of hydrogen-bond donors (Lipinski definition) is 2. The van der Waals surface area contributed by atoms with Gasteiger partial charge in [0.15, 0.2) is 0 Å². The third-order valence-electron chi connectivity index (χ3n) is 4.08. The Labute approximate surface area is 124 Å². The lowest BCUT2D eigenvalue weighted by molar-refractivity contribution is 0.170. The first-order valence-corrected chi connectivity index (χ1v) is 7.69. The van der Waals surface area contributed by atoms with E-state index in [1.54, 1.807) is 4.90 Å². The third kappa shape index (κ3) is 3.29. The Morgan fingerprint density at radius 2 is 2.14 bits per heavy atom. The van der Waals surface area contributed by atoms with Crippen LogP contribution < -0.4 is 10.1 Å². The number of fused-ring (bicyclic) bond motifs is 1. The van der Waals surface area contributed by atoms with Crippen LogP contribution in [-0.4, -0.2) is 41.8 Å². The molecule has 1 aliphatic heterocycles. The van der Waals surface area contributed by atoms with Gasteiger partial charge in [-0.2, -0.15) is 0 Å². The van der Waals surface area contributed by atoms with Gasteiger partial charge in [-0.3, -0.25) is 0 Å². The molecule has 1 aromatic carbocycles. The zero-order valence-electron chi connectivity index (χ0n) is 12.1. The average molecular weight is 290 g/mol. The van der Waals surface area contributed by atoms with Crippen molar-refractivity contribution in [2.75, 3.05) is 19.8 Å². The lowest BCUT2D eigenvalue weighted by Crippen LogP contribution is -2.44. The molecule has 114 valence electrons. The maximum atomic E-state index is 12.5. The Morgan fingerprint density at radius 1 is 1.33 bits per heavy atom. The van der Waals surface area contributed by atoms with Crippen molar-refractivity contribution in [1.82, 2.24) is 10.2 Å². The number of benzene rings is 1. The van der Waals surface area contributed by atoms with E-state index in [1.165, 1.54) is 0 Å². The summed E-state index contributed by atoms with van der Waals surface area (Å²) in [5.74, 6) is 0.862. The Hall–Kier alpha value is -1.75. The fraction of sp³-hybridized carbons (Fsp3) is 0.562. The highest BCUT2D eigenvalue weighted by Gasteiger charge is 2.33. The molecule has 1 fully saturated rings. The van der Waals surface area contributed by atoms with Crippen molar-refractivity contribution in [3.8, 4) is 5.75 Å². The maximum absolute atomic E-state index is 12.5. The van der Waals surface area contributed by atoms with E-state index in [9.17, 15) is 4.79 Å². The first kappa shape index (κ1) is 14.2. The van der Waals surface area contributed by atoms with Crippen molar-refractivity contribution in [3.63, 3.8) is 0 Å². The van der Waals surface area contributed by atoms with Crippen LogP contribution in [0.1, 0.15) is 37.3 Å². The maximum Gasteiger partial charge on any atom is 0.318 e. The minimum atomic E-state index is -0.0757. The van der Waals surface area contributed by atoms with Gasteiger partial charge < -0.3 is 20.1 Å². The molecule has 0 bridgehead atoms. The van der Waals surface area contributed by atoms with Crippen LogP contribution in [0.15, 0.2) is 24.3 Å². The molecule has 2 N–H and O–H groups in total. The van der Waals surface area contributed by atoms with Crippen LogP contribution in [0.4, 0.5) is 4.79 Å². The van der Waals surface area contributed by atoms with Crippen molar-refractivity contribution in [2.24, 2.45) is 0 Å². The second-order valence-electron chi connectivity index (χ2n) is 5.68. The Kier molecular flexibility index (Phi) is 4.29. The summed E-state index contributed by atoms with van der Waals surface area (Å²) in [7, 11) is 0. The van der Waals surface area contributed by atoms with Gasteiger partial charge in [0.1, 0.15) is 5.75 Å². The predicted molar refractivity (Wildman–Crippen MR) is 79.3 cm³/mol. The quantitative estimate of drug-likeness (QED) is 0.892. The number of amides is 2. The first-order valence-electron chi connectivity index (χ1n) is 7.69. The highest BCUT2D eigenvalue weighted by molar-refractivity contribution is 5.75. The molecule has 0 radical (unpaired) electrons. The van der Waals surface area contributed by atoms with Gasteiger partial charge in [0.25, 0.3) is 0 Å². The number of carbonyl (C=O) groups excluding carboxylic acids is 1. The molecule has 5 heteroatoms. The van der Waals surface area contributed by atoms with Crippen LogP contribution in [0.5, 0.6) is 5.75 Å². The minimum Gasteiger partial charge on any atom is -0.493 e. The Bertz CT molecular complexity index is 502. The molecule has 0 spiro atoms. The monoisotopic (exact) mass is 290 g/mol. The van der Waals surface area contributed by atoms with Crippen LogP contribution in [-0.2, 0) is 0 Å². The largest absolute Gasteiger partial charge is 0.493 e. The molecule has 2 aliphatic rings. The van der Waals surface area contributed by atoms with E-state index in [0.29, 0.717) is 19.2 Å². The molecule has 1 saturated carbocycles. The normalized spacial score (nSPS) is 20.9. The summed E-state index contributed by atoms with van der Waals surface area (Å²) >= 11 is 0. The summed E-state index contributed by atoms with van der Waals surface area (Å²) in [6.45, 7) is 1.10. The van der Waals surface area contributed by atoms with Crippen molar-refractivity contribution in [1.29, 1.82) is 0 Å². The third-order valence-corrected chi connectivity index (χ3v) is 4.08. The van der Waals surface area contributed by atoms with Gasteiger partial charge in [-0.1, -0.05) is 18.2 Å². The van der Waals surface area contributed by atoms with E-state index in [4.69, 9.17) is 9.84 Å². The van der Waals surface area contributed by atoms with Gasteiger partial charge in [-0.05, 0) is 31.7 Å². The van der Waals surface area contributed by atoms with Gasteiger partial charge in [0, 0.05) is 18.2 Å². The van der Waals surface area contributed by atoms with Crippen LogP contribution in [0.2, 0.25) is 0 Å². The fourth-order valence-electron chi connectivity index (χ4n) is 2.85. The summed E-state index contributed by atoms with van der Waals surface area (Å²) in [6, 6.07) is 8.09. The van der Waals surface area contributed by atoms with Crippen molar-refractivity contribution >= 4 is 6.03 Å². The molecule has 1 aromatic rings.